The first-order valence-corrected chi connectivity index (χ1v) is 7.66. The molecule has 0 radical (unpaired) electrons. The third kappa shape index (κ3) is 5.64. The zero-order chi connectivity index (χ0) is 11.3. The average molecular weight is 246 g/mol. The molecule has 0 atom stereocenters. The number of thioether (sulfide) groups is 1. The first kappa shape index (κ1) is 12.3. The third-order valence-corrected chi connectivity index (χ3v) is 3.87. The number of aromatic nitrogens is 1. The van der Waals surface area contributed by atoms with Crippen LogP contribution in [-0.2, 0) is 15.6 Å². The molecule has 0 amide bonds. The lowest BCUT2D eigenvalue weighted by Gasteiger charge is -2.01. The van der Waals surface area contributed by atoms with Crippen molar-refractivity contribution in [2.24, 2.45) is 0 Å². The fourth-order valence-corrected chi connectivity index (χ4v) is 3.16. The van der Waals surface area contributed by atoms with E-state index in [1.54, 1.807) is 17.8 Å². The second-order valence-electron chi connectivity index (χ2n) is 3.24. The van der Waals surface area contributed by atoms with Gasteiger partial charge in [0.05, 0.1) is 11.4 Å². The second kappa shape index (κ2) is 5.37. The van der Waals surface area contributed by atoms with Crippen molar-refractivity contribution in [3.63, 3.8) is 0 Å². The monoisotopic (exact) mass is 246 g/mol. The van der Waals surface area contributed by atoms with E-state index in [1.165, 1.54) is 6.26 Å². The number of nitrogens with two attached hydrogens (primary N) is 1. The van der Waals surface area contributed by atoms with Gasteiger partial charge in [0.1, 0.15) is 15.7 Å². The molecule has 0 aliphatic rings. The number of pyridine rings is 1. The van der Waals surface area contributed by atoms with Crippen molar-refractivity contribution < 1.29 is 8.42 Å². The van der Waals surface area contributed by atoms with Gasteiger partial charge >= 0.3 is 0 Å². The number of nitrogen functional groups attached to an aromatic ring is 1. The van der Waals surface area contributed by atoms with Gasteiger partial charge in [0.2, 0.25) is 0 Å². The normalized spacial score (nSPS) is 11.5. The van der Waals surface area contributed by atoms with Gasteiger partial charge in [-0.25, -0.2) is 13.4 Å². The van der Waals surface area contributed by atoms with E-state index in [9.17, 15) is 8.42 Å². The van der Waals surface area contributed by atoms with Crippen LogP contribution in [0.1, 0.15) is 5.69 Å². The van der Waals surface area contributed by atoms with Gasteiger partial charge in [-0.1, -0.05) is 6.07 Å². The molecule has 0 saturated heterocycles. The van der Waals surface area contributed by atoms with Gasteiger partial charge in [-0.3, -0.25) is 0 Å². The molecule has 15 heavy (non-hydrogen) atoms. The summed E-state index contributed by atoms with van der Waals surface area (Å²) in [4.78, 5) is 4.11. The molecule has 2 N–H and O–H groups in total. The highest BCUT2D eigenvalue weighted by atomic mass is 32.2. The van der Waals surface area contributed by atoms with E-state index in [0.29, 0.717) is 17.3 Å². The minimum Gasteiger partial charge on any atom is -0.384 e. The maximum absolute atomic E-state index is 10.8. The topological polar surface area (TPSA) is 73.0 Å². The van der Waals surface area contributed by atoms with Crippen molar-refractivity contribution in [3.8, 4) is 0 Å². The molecule has 6 heteroatoms. The molecule has 0 bridgehead atoms. The van der Waals surface area contributed by atoms with Crippen LogP contribution in [0.25, 0.3) is 0 Å². The Hall–Kier alpha value is -0.750. The molecule has 1 aromatic heterocycles. The van der Waals surface area contributed by atoms with Gasteiger partial charge < -0.3 is 5.73 Å². The lowest BCUT2D eigenvalue weighted by atomic mass is 10.4. The summed E-state index contributed by atoms with van der Waals surface area (Å²) in [6, 6.07) is 5.45. The summed E-state index contributed by atoms with van der Waals surface area (Å²) in [6.45, 7) is 0. The second-order valence-corrected chi connectivity index (χ2v) is 6.60. The molecular formula is C9H14N2O2S2. The molecule has 0 aliphatic heterocycles. The molecule has 0 aromatic carbocycles. The summed E-state index contributed by atoms with van der Waals surface area (Å²) >= 11 is 1.54. The van der Waals surface area contributed by atoms with Crippen molar-refractivity contribution >= 4 is 27.4 Å². The molecule has 84 valence electrons. The summed E-state index contributed by atoms with van der Waals surface area (Å²) in [5.74, 6) is 1.99. The Kier molecular flexibility index (Phi) is 4.41. The van der Waals surface area contributed by atoms with Crippen molar-refractivity contribution in [2.75, 3.05) is 23.5 Å². The molecule has 1 heterocycles. The number of rotatable bonds is 5. The maximum atomic E-state index is 10.8. The van der Waals surface area contributed by atoms with Crippen LogP contribution >= 0.6 is 11.8 Å². The van der Waals surface area contributed by atoms with Crippen LogP contribution in [0, 0.1) is 0 Å². The first-order chi connectivity index (χ1) is 6.97. The standard InChI is InChI=1S/C9H14N2O2S2/c1-15(12,13)6-5-14-7-8-3-2-4-9(10)11-8/h2-4H,5-7H2,1H3,(H2,10,11). The summed E-state index contributed by atoms with van der Waals surface area (Å²) in [5, 5.41) is 0. The largest absolute Gasteiger partial charge is 0.384 e. The zero-order valence-corrected chi connectivity index (χ0v) is 10.1. The Morgan fingerprint density at radius 2 is 2.20 bits per heavy atom. The number of sulfone groups is 1. The summed E-state index contributed by atoms with van der Waals surface area (Å²) in [5.41, 5.74) is 6.40. The minimum atomic E-state index is -2.85. The molecule has 0 unspecified atom stereocenters. The summed E-state index contributed by atoms with van der Waals surface area (Å²) in [6.07, 6.45) is 1.24. The Balaban J connectivity index is 2.32. The predicted octanol–water partition coefficient (Wildman–Crippen LogP) is 0.942. The predicted molar refractivity (Wildman–Crippen MR) is 64.5 cm³/mol. The van der Waals surface area contributed by atoms with Crippen molar-refractivity contribution in [3.05, 3.63) is 23.9 Å². The van der Waals surface area contributed by atoms with Gasteiger partial charge in [0.15, 0.2) is 0 Å². The Morgan fingerprint density at radius 1 is 1.47 bits per heavy atom. The van der Waals surface area contributed by atoms with Gasteiger partial charge in [0, 0.05) is 17.8 Å². The lowest BCUT2D eigenvalue weighted by Crippen LogP contribution is -2.05. The summed E-state index contributed by atoms with van der Waals surface area (Å²) < 4.78 is 21.7. The van der Waals surface area contributed by atoms with Gasteiger partial charge in [-0.05, 0) is 12.1 Å². The molecular weight excluding hydrogens is 232 g/mol. The average Bonchev–Trinajstić information content (AvgIpc) is 2.11. The quantitative estimate of drug-likeness (QED) is 0.783. The molecule has 0 fully saturated rings. The van der Waals surface area contributed by atoms with Crippen LogP contribution in [0.3, 0.4) is 0 Å². The lowest BCUT2D eigenvalue weighted by molar-refractivity contribution is 0.603. The smallest absolute Gasteiger partial charge is 0.148 e. The molecule has 1 aromatic rings. The van der Waals surface area contributed by atoms with E-state index in [2.05, 4.69) is 4.98 Å². The van der Waals surface area contributed by atoms with E-state index in [-0.39, 0.29) is 5.75 Å². The van der Waals surface area contributed by atoms with Crippen LogP contribution in [0.5, 0.6) is 0 Å². The number of hydrogen-bond acceptors (Lipinski definition) is 5. The fourth-order valence-electron chi connectivity index (χ4n) is 0.966. The number of anilines is 1. The van der Waals surface area contributed by atoms with Crippen molar-refractivity contribution in [1.29, 1.82) is 0 Å². The van der Waals surface area contributed by atoms with Gasteiger partial charge in [-0.15, -0.1) is 0 Å². The van der Waals surface area contributed by atoms with Crippen molar-refractivity contribution in [2.45, 2.75) is 5.75 Å². The third-order valence-electron chi connectivity index (χ3n) is 1.68. The van der Waals surface area contributed by atoms with E-state index in [1.807, 2.05) is 12.1 Å². The van der Waals surface area contributed by atoms with Crippen LogP contribution in [0.4, 0.5) is 5.82 Å². The van der Waals surface area contributed by atoms with Crippen LogP contribution in [0.2, 0.25) is 0 Å². The van der Waals surface area contributed by atoms with Crippen LogP contribution in [-0.4, -0.2) is 31.2 Å². The molecule has 0 spiro atoms. The molecule has 0 aliphatic carbocycles. The molecule has 1 rings (SSSR count). The Bertz CT molecular complexity index is 418. The number of nitrogens with zero attached hydrogens (tertiary/aromatic N) is 1. The Labute approximate surface area is 94.2 Å². The van der Waals surface area contributed by atoms with Gasteiger partial charge in [0.25, 0.3) is 0 Å². The van der Waals surface area contributed by atoms with E-state index in [0.717, 1.165) is 5.69 Å². The minimum absolute atomic E-state index is 0.208. The highest BCUT2D eigenvalue weighted by Gasteiger charge is 2.02. The van der Waals surface area contributed by atoms with E-state index >= 15 is 0 Å². The maximum Gasteiger partial charge on any atom is 0.148 e. The summed E-state index contributed by atoms with van der Waals surface area (Å²) in [7, 11) is -2.85. The Morgan fingerprint density at radius 3 is 2.80 bits per heavy atom. The highest BCUT2D eigenvalue weighted by Crippen LogP contribution is 2.11. The van der Waals surface area contributed by atoms with E-state index < -0.39 is 9.84 Å². The number of hydrogen-bond donors (Lipinski definition) is 1. The molecule has 4 nitrogen and oxygen atoms in total. The van der Waals surface area contributed by atoms with E-state index in [4.69, 9.17) is 5.73 Å². The SMILES string of the molecule is CS(=O)(=O)CCSCc1cccc(N)n1. The van der Waals surface area contributed by atoms with Crippen LogP contribution < -0.4 is 5.73 Å². The molecule has 0 saturated carbocycles. The first-order valence-electron chi connectivity index (χ1n) is 4.44. The van der Waals surface area contributed by atoms with Crippen molar-refractivity contribution in [1.82, 2.24) is 4.98 Å². The van der Waals surface area contributed by atoms with Crippen LogP contribution in [0.15, 0.2) is 18.2 Å². The zero-order valence-electron chi connectivity index (χ0n) is 8.51. The fraction of sp³-hybridized carbons (Fsp3) is 0.444. The highest BCUT2D eigenvalue weighted by molar-refractivity contribution is 7.99. The van der Waals surface area contributed by atoms with Gasteiger partial charge in [-0.2, -0.15) is 11.8 Å².